The van der Waals surface area contributed by atoms with Gasteiger partial charge in [0, 0.05) is 11.6 Å². The van der Waals surface area contributed by atoms with Gasteiger partial charge in [-0.3, -0.25) is 0 Å². The predicted octanol–water partition coefficient (Wildman–Crippen LogP) is 2.36. The second-order valence-electron chi connectivity index (χ2n) is 2.06. The molecule has 2 aromatic heterocycles. The van der Waals surface area contributed by atoms with Gasteiger partial charge in [0.1, 0.15) is 15.3 Å². The van der Waals surface area contributed by atoms with Gasteiger partial charge in [-0.15, -0.1) is 11.3 Å². The third kappa shape index (κ3) is 1.51. The molecule has 2 aromatic rings. The quantitative estimate of drug-likeness (QED) is 0.770. The van der Waals surface area contributed by atoms with Gasteiger partial charge in [0.2, 0.25) is 0 Å². The summed E-state index contributed by atoms with van der Waals surface area (Å²) in [5, 5.41) is 2.81. The monoisotopic (exact) mass is 241 g/mol. The maximum Gasteiger partial charge on any atom is 0.143 e. The number of hydrogen-bond acceptors (Lipinski definition) is 4. The molecule has 60 valence electrons. The summed E-state index contributed by atoms with van der Waals surface area (Å²) in [4.78, 5) is 12.3. The number of halogens is 1. The summed E-state index contributed by atoms with van der Waals surface area (Å²) in [6.07, 6.45) is 5.11. The van der Waals surface area contributed by atoms with Crippen molar-refractivity contribution < 1.29 is 0 Å². The molecule has 0 spiro atoms. The lowest BCUT2D eigenvalue weighted by Gasteiger charge is -1.92. The fourth-order valence-electron chi connectivity index (χ4n) is 0.773. The first kappa shape index (κ1) is 7.82. The average molecular weight is 242 g/mol. The Morgan fingerprint density at radius 1 is 1.17 bits per heavy atom. The molecule has 0 aliphatic rings. The summed E-state index contributed by atoms with van der Waals surface area (Å²) in [5.74, 6) is 0. The van der Waals surface area contributed by atoms with E-state index >= 15 is 0 Å². The topological polar surface area (TPSA) is 38.7 Å². The molecule has 0 unspecified atom stereocenters. The van der Waals surface area contributed by atoms with Crippen molar-refractivity contribution in [2.24, 2.45) is 0 Å². The van der Waals surface area contributed by atoms with E-state index in [0.717, 1.165) is 15.3 Å². The maximum absolute atomic E-state index is 4.16. The van der Waals surface area contributed by atoms with Crippen molar-refractivity contribution in [3.63, 3.8) is 0 Å². The minimum Gasteiger partial charge on any atom is -0.249 e. The van der Waals surface area contributed by atoms with Crippen molar-refractivity contribution in [1.29, 1.82) is 0 Å². The zero-order valence-electron chi connectivity index (χ0n) is 5.94. The van der Waals surface area contributed by atoms with Crippen LogP contribution in [0.15, 0.2) is 28.6 Å². The van der Waals surface area contributed by atoms with Gasteiger partial charge in [-0.1, -0.05) is 0 Å². The zero-order chi connectivity index (χ0) is 8.39. The molecule has 0 radical (unpaired) electrons. The first-order valence-electron chi connectivity index (χ1n) is 3.23. The zero-order valence-corrected chi connectivity index (χ0v) is 8.34. The predicted molar refractivity (Wildman–Crippen MR) is 50.8 cm³/mol. The molecule has 0 bridgehead atoms. The van der Waals surface area contributed by atoms with Crippen molar-refractivity contribution in [1.82, 2.24) is 15.0 Å². The maximum atomic E-state index is 4.16. The van der Waals surface area contributed by atoms with Crippen molar-refractivity contribution in [3.8, 4) is 10.7 Å². The molecule has 0 N–H and O–H groups in total. The molecule has 0 atom stereocenters. The van der Waals surface area contributed by atoms with Crippen LogP contribution in [0.2, 0.25) is 0 Å². The fourth-order valence-corrected chi connectivity index (χ4v) is 1.58. The van der Waals surface area contributed by atoms with Crippen molar-refractivity contribution >= 4 is 27.3 Å². The minimum absolute atomic E-state index is 0.739. The van der Waals surface area contributed by atoms with Gasteiger partial charge in [0.15, 0.2) is 0 Å². The molecule has 0 fully saturated rings. The Morgan fingerprint density at radius 2 is 2.08 bits per heavy atom. The normalized spacial score (nSPS) is 10.1. The SMILES string of the molecule is Brc1cnc(-c2nccs2)cn1. The molecule has 12 heavy (non-hydrogen) atoms. The molecular weight excluding hydrogens is 238 g/mol. The van der Waals surface area contributed by atoms with E-state index in [2.05, 4.69) is 30.9 Å². The van der Waals surface area contributed by atoms with Crippen LogP contribution in [0.25, 0.3) is 10.7 Å². The summed E-state index contributed by atoms with van der Waals surface area (Å²) in [6, 6.07) is 0. The van der Waals surface area contributed by atoms with Crippen LogP contribution in [0, 0.1) is 0 Å². The Bertz CT molecular complexity index is 357. The Hall–Kier alpha value is -0.810. The third-order valence-electron chi connectivity index (χ3n) is 1.27. The van der Waals surface area contributed by atoms with E-state index in [1.807, 2.05) is 5.38 Å². The Labute approximate surface area is 81.7 Å². The largest absolute Gasteiger partial charge is 0.249 e. The van der Waals surface area contributed by atoms with Crippen molar-refractivity contribution in [2.45, 2.75) is 0 Å². The fraction of sp³-hybridized carbons (Fsp3) is 0. The molecule has 2 heterocycles. The molecule has 3 nitrogen and oxygen atoms in total. The summed E-state index contributed by atoms with van der Waals surface area (Å²) >= 11 is 4.77. The van der Waals surface area contributed by atoms with Gasteiger partial charge in [0.25, 0.3) is 0 Å². The first-order valence-corrected chi connectivity index (χ1v) is 4.91. The van der Waals surface area contributed by atoms with Gasteiger partial charge >= 0.3 is 0 Å². The van der Waals surface area contributed by atoms with Gasteiger partial charge < -0.3 is 0 Å². The van der Waals surface area contributed by atoms with E-state index in [4.69, 9.17) is 0 Å². The van der Waals surface area contributed by atoms with E-state index in [1.165, 1.54) is 0 Å². The molecule has 0 saturated carbocycles. The number of hydrogen-bond donors (Lipinski definition) is 0. The molecule has 0 aliphatic carbocycles. The number of rotatable bonds is 1. The Kier molecular flexibility index (Phi) is 2.14. The second kappa shape index (κ2) is 3.28. The molecular formula is C7H4BrN3S. The number of thiazole rings is 1. The van der Waals surface area contributed by atoms with Crippen LogP contribution in [0.5, 0.6) is 0 Å². The highest BCUT2D eigenvalue weighted by Crippen LogP contribution is 2.18. The smallest absolute Gasteiger partial charge is 0.143 e. The first-order chi connectivity index (χ1) is 5.86. The Balaban J connectivity index is 2.43. The molecule has 5 heteroatoms. The lowest BCUT2D eigenvalue weighted by atomic mass is 10.5. The highest BCUT2D eigenvalue weighted by atomic mass is 79.9. The van der Waals surface area contributed by atoms with Crippen LogP contribution in [0.1, 0.15) is 0 Å². The molecule has 0 aromatic carbocycles. The van der Waals surface area contributed by atoms with E-state index in [9.17, 15) is 0 Å². The van der Waals surface area contributed by atoms with Crippen LogP contribution in [0.3, 0.4) is 0 Å². The minimum atomic E-state index is 0.739. The van der Waals surface area contributed by atoms with Gasteiger partial charge in [-0.2, -0.15) is 0 Å². The van der Waals surface area contributed by atoms with E-state index < -0.39 is 0 Å². The van der Waals surface area contributed by atoms with Crippen molar-refractivity contribution in [2.75, 3.05) is 0 Å². The van der Waals surface area contributed by atoms with Crippen LogP contribution < -0.4 is 0 Å². The average Bonchev–Trinajstić information content (AvgIpc) is 2.58. The highest BCUT2D eigenvalue weighted by molar-refractivity contribution is 9.10. The van der Waals surface area contributed by atoms with Gasteiger partial charge in [-0.05, 0) is 15.9 Å². The molecule has 2 rings (SSSR count). The van der Waals surface area contributed by atoms with E-state index in [1.54, 1.807) is 29.9 Å². The van der Waals surface area contributed by atoms with Crippen LogP contribution >= 0.6 is 27.3 Å². The van der Waals surface area contributed by atoms with Gasteiger partial charge in [0.05, 0.1) is 12.4 Å². The lowest BCUT2D eigenvalue weighted by molar-refractivity contribution is 1.16. The van der Waals surface area contributed by atoms with Gasteiger partial charge in [-0.25, -0.2) is 15.0 Å². The highest BCUT2D eigenvalue weighted by Gasteiger charge is 2.00. The third-order valence-corrected chi connectivity index (χ3v) is 2.48. The van der Waals surface area contributed by atoms with E-state index in [-0.39, 0.29) is 0 Å². The lowest BCUT2D eigenvalue weighted by Crippen LogP contribution is -1.83. The molecule has 0 saturated heterocycles. The summed E-state index contributed by atoms with van der Waals surface area (Å²) < 4.78 is 0.739. The second-order valence-corrected chi connectivity index (χ2v) is 3.77. The Morgan fingerprint density at radius 3 is 2.67 bits per heavy atom. The number of nitrogens with zero attached hydrogens (tertiary/aromatic N) is 3. The van der Waals surface area contributed by atoms with Crippen LogP contribution in [-0.2, 0) is 0 Å². The molecule has 0 aliphatic heterocycles. The van der Waals surface area contributed by atoms with Crippen LogP contribution in [-0.4, -0.2) is 15.0 Å². The van der Waals surface area contributed by atoms with E-state index in [0.29, 0.717) is 0 Å². The summed E-state index contributed by atoms with van der Waals surface area (Å²) in [7, 11) is 0. The number of aromatic nitrogens is 3. The van der Waals surface area contributed by atoms with Crippen molar-refractivity contribution in [3.05, 3.63) is 28.6 Å². The summed E-state index contributed by atoms with van der Waals surface area (Å²) in [6.45, 7) is 0. The molecule has 0 amide bonds. The van der Waals surface area contributed by atoms with Crippen LogP contribution in [0.4, 0.5) is 0 Å². The standard InChI is InChI=1S/C7H4BrN3S/c8-6-4-10-5(3-11-6)7-9-1-2-12-7/h1-4H. The summed E-state index contributed by atoms with van der Waals surface area (Å²) in [5.41, 5.74) is 0.813.